The Labute approximate surface area is 188 Å². The van der Waals surface area contributed by atoms with Gasteiger partial charge in [0.05, 0.1) is 19.6 Å². The second-order valence-corrected chi connectivity index (χ2v) is 10.8. The average Bonchev–Trinajstić information content (AvgIpc) is 2.95. The molecule has 0 bridgehead atoms. The lowest BCUT2D eigenvalue weighted by Crippen LogP contribution is -2.31. The van der Waals surface area contributed by atoms with Gasteiger partial charge in [0.2, 0.25) is 10.0 Å². The van der Waals surface area contributed by atoms with Crippen LogP contribution in [-0.2, 0) is 10.0 Å². The molecule has 4 rings (SSSR count). The molecule has 0 unspecified atom stereocenters. The highest BCUT2D eigenvalue weighted by molar-refractivity contribution is 7.89. The van der Waals surface area contributed by atoms with Crippen LogP contribution in [0.2, 0.25) is 10.0 Å². The zero-order valence-corrected chi connectivity index (χ0v) is 19.0. The van der Waals surface area contributed by atoms with Gasteiger partial charge in [0.15, 0.2) is 5.13 Å². The van der Waals surface area contributed by atoms with E-state index in [0.717, 1.165) is 30.4 Å². The monoisotopic (exact) mass is 483 g/mol. The number of carbonyl (C=O) groups is 1. The lowest BCUT2D eigenvalue weighted by molar-refractivity contribution is 0.102. The fourth-order valence-corrected chi connectivity index (χ4v) is 6.17. The molecular weight excluding hydrogens is 465 g/mol. The van der Waals surface area contributed by atoms with Crippen LogP contribution in [-0.4, -0.2) is 36.7 Å². The Morgan fingerprint density at radius 3 is 2.33 bits per heavy atom. The quantitative estimate of drug-likeness (QED) is 0.536. The number of anilines is 1. The summed E-state index contributed by atoms with van der Waals surface area (Å²) in [4.78, 5) is 17.1. The highest BCUT2D eigenvalue weighted by Gasteiger charge is 2.25. The summed E-state index contributed by atoms with van der Waals surface area (Å²) in [5.41, 5.74) is 0.872. The van der Waals surface area contributed by atoms with Crippen LogP contribution in [0.3, 0.4) is 0 Å². The lowest BCUT2D eigenvalue weighted by Gasteiger charge is -2.20. The molecule has 1 fully saturated rings. The van der Waals surface area contributed by atoms with Crippen molar-refractivity contribution in [1.82, 2.24) is 9.29 Å². The number of benzene rings is 2. The van der Waals surface area contributed by atoms with E-state index >= 15 is 0 Å². The van der Waals surface area contributed by atoms with Crippen molar-refractivity contribution < 1.29 is 13.2 Å². The zero-order valence-electron chi connectivity index (χ0n) is 15.9. The van der Waals surface area contributed by atoms with Crippen molar-refractivity contribution >= 4 is 65.8 Å². The zero-order chi connectivity index (χ0) is 21.3. The number of nitrogens with one attached hydrogen (secondary N) is 1. The van der Waals surface area contributed by atoms with Crippen molar-refractivity contribution in [2.24, 2.45) is 0 Å². The molecule has 0 aliphatic carbocycles. The van der Waals surface area contributed by atoms with Crippen molar-refractivity contribution in [3.63, 3.8) is 0 Å². The molecule has 2 heterocycles. The minimum Gasteiger partial charge on any atom is -0.298 e. The molecule has 0 atom stereocenters. The van der Waals surface area contributed by atoms with Gasteiger partial charge in [-0.2, -0.15) is 4.31 Å². The molecule has 0 spiro atoms. The topological polar surface area (TPSA) is 79.4 Å². The van der Waals surface area contributed by atoms with Gasteiger partial charge in [-0.15, -0.1) is 0 Å². The molecule has 30 heavy (non-hydrogen) atoms. The number of hydrogen-bond donors (Lipinski definition) is 1. The maximum absolute atomic E-state index is 12.9. The van der Waals surface area contributed by atoms with Gasteiger partial charge in [-0.05, 0) is 49.2 Å². The van der Waals surface area contributed by atoms with Crippen LogP contribution in [0.1, 0.15) is 36.0 Å². The first-order valence-electron chi connectivity index (χ1n) is 9.52. The van der Waals surface area contributed by atoms with E-state index in [1.165, 1.54) is 39.9 Å². The Kier molecular flexibility index (Phi) is 6.31. The SMILES string of the molecule is O=C(Nc1nc2c(Cl)c(Cl)ccc2s1)c1ccc(S(=O)(=O)N2CCCCCC2)cc1. The molecule has 1 amide bonds. The summed E-state index contributed by atoms with van der Waals surface area (Å²) in [7, 11) is -3.55. The van der Waals surface area contributed by atoms with E-state index in [0.29, 0.717) is 39.3 Å². The maximum atomic E-state index is 12.9. The van der Waals surface area contributed by atoms with Crippen LogP contribution in [0.15, 0.2) is 41.3 Å². The van der Waals surface area contributed by atoms with Gasteiger partial charge in [0, 0.05) is 18.7 Å². The number of sulfonamides is 1. The third-order valence-corrected chi connectivity index (χ3v) is 8.63. The van der Waals surface area contributed by atoms with E-state index in [1.54, 1.807) is 12.1 Å². The fraction of sp³-hybridized carbons (Fsp3) is 0.300. The summed E-state index contributed by atoms with van der Waals surface area (Å²) in [6.45, 7) is 1.07. The number of hydrogen-bond acceptors (Lipinski definition) is 5. The second-order valence-electron chi connectivity index (χ2n) is 7.02. The highest BCUT2D eigenvalue weighted by atomic mass is 35.5. The van der Waals surface area contributed by atoms with Crippen molar-refractivity contribution in [2.45, 2.75) is 30.6 Å². The summed E-state index contributed by atoms with van der Waals surface area (Å²) in [6.07, 6.45) is 3.84. The predicted molar refractivity (Wildman–Crippen MR) is 121 cm³/mol. The van der Waals surface area contributed by atoms with E-state index < -0.39 is 10.0 Å². The number of amides is 1. The first kappa shape index (κ1) is 21.5. The standard InChI is InChI=1S/C20H19Cl2N3O3S2/c21-15-9-10-16-18(17(15)22)23-20(29-16)24-19(26)13-5-7-14(8-6-13)30(27,28)25-11-3-1-2-4-12-25/h5-10H,1-4,11-12H2,(H,23,24,26). The molecule has 1 aromatic heterocycles. The van der Waals surface area contributed by atoms with E-state index in [1.807, 2.05) is 0 Å². The molecule has 0 saturated carbocycles. The van der Waals surface area contributed by atoms with Gasteiger partial charge < -0.3 is 0 Å². The number of rotatable bonds is 4. The van der Waals surface area contributed by atoms with Crippen LogP contribution in [0.5, 0.6) is 0 Å². The number of halogens is 2. The minimum atomic E-state index is -3.55. The van der Waals surface area contributed by atoms with E-state index in [-0.39, 0.29) is 10.8 Å². The molecule has 1 saturated heterocycles. The van der Waals surface area contributed by atoms with Crippen LogP contribution in [0.4, 0.5) is 5.13 Å². The molecule has 6 nitrogen and oxygen atoms in total. The molecule has 3 aromatic rings. The average molecular weight is 484 g/mol. The maximum Gasteiger partial charge on any atom is 0.257 e. The van der Waals surface area contributed by atoms with Gasteiger partial charge >= 0.3 is 0 Å². The van der Waals surface area contributed by atoms with Crippen LogP contribution in [0, 0.1) is 0 Å². The number of thiazole rings is 1. The Morgan fingerprint density at radius 1 is 1.00 bits per heavy atom. The summed E-state index contributed by atoms with van der Waals surface area (Å²) in [5, 5.41) is 3.86. The number of nitrogens with zero attached hydrogens (tertiary/aromatic N) is 2. The summed E-state index contributed by atoms with van der Waals surface area (Å²) >= 11 is 13.5. The van der Waals surface area contributed by atoms with E-state index in [2.05, 4.69) is 10.3 Å². The lowest BCUT2D eigenvalue weighted by atomic mass is 10.2. The van der Waals surface area contributed by atoms with E-state index in [9.17, 15) is 13.2 Å². The minimum absolute atomic E-state index is 0.197. The van der Waals surface area contributed by atoms with Gasteiger partial charge in [-0.3, -0.25) is 10.1 Å². The molecule has 2 aromatic carbocycles. The fourth-order valence-electron chi connectivity index (χ4n) is 3.37. The molecular formula is C20H19Cl2N3O3S2. The van der Waals surface area contributed by atoms with Crippen molar-refractivity contribution in [1.29, 1.82) is 0 Å². The number of carbonyl (C=O) groups excluding carboxylic acids is 1. The Bertz CT molecular complexity index is 1190. The summed E-state index contributed by atoms with van der Waals surface area (Å²) in [6, 6.07) is 9.45. The Morgan fingerprint density at radius 2 is 1.67 bits per heavy atom. The Balaban J connectivity index is 1.51. The van der Waals surface area contributed by atoms with Crippen LogP contribution in [0.25, 0.3) is 10.2 Å². The summed E-state index contributed by atoms with van der Waals surface area (Å²) in [5.74, 6) is -0.380. The molecule has 1 aliphatic rings. The van der Waals surface area contributed by atoms with Gasteiger partial charge in [0.25, 0.3) is 5.91 Å². The highest BCUT2D eigenvalue weighted by Crippen LogP contribution is 2.35. The Hall–Kier alpha value is -1.71. The number of aromatic nitrogens is 1. The molecule has 1 N–H and O–H groups in total. The van der Waals surface area contributed by atoms with E-state index in [4.69, 9.17) is 23.2 Å². The second kappa shape index (κ2) is 8.80. The molecule has 0 radical (unpaired) electrons. The third kappa shape index (κ3) is 4.33. The molecule has 10 heteroatoms. The van der Waals surface area contributed by atoms with Crippen molar-refractivity contribution in [3.05, 3.63) is 52.0 Å². The smallest absolute Gasteiger partial charge is 0.257 e. The van der Waals surface area contributed by atoms with Crippen molar-refractivity contribution in [3.8, 4) is 0 Å². The van der Waals surface area contributed by atoms with Gasteiger partial charge in [-0.25, -0.2) is 13.4 Å². The van der Waals surface area contributed by atoms with Gasteiger partial charge in [-0.1, -0.05) is 47.4 Å². The predicted octanol–water partition coefficient (Wildman–Crippen LogP) is 5.42. The normalized spacial score (nSPS) is 15.8. The van der Waals surface area contributed by atoms with Crippen LogP contribution >= 0.6 is 34.5 Å². The number of fused-ring (bicyclic) bond motifs is 1. The largest absolute Gasteiger partial charge is 0.298 e. The first-order chi connectivity index (χ1) is 14.4. The van der Waals surface area contributed by atoms with Crippen LogP contribution < -0.4 is 5.32 Å². The summed E-state index contributed by atoms with van der Waals surface area (Å²) < 4.78 is 28.1. The van der Waals surface area contributed by atoms with Gasteiger partial charge in [0.1, 0.15) is 5.52 Å². The molecule has 158 valence electrons. The first-order valence-corrected chi connectivity index (χ1v) is 12.5. The van der Waals surface area contributed by atoms with Crippen molar-refractivity contribution in [2.75, 3.05) is 18.4 Å². The third-order valence-electron chi connectivity index (χ3n) is 4.99. The molecule has 1 aliphatic heterocycles.